The summed E-state index contributed by atoms with van der Waals surface area (Å²) in [5.41, 5.74) is -2.73. The van der Waals surface area contributed by atoms with Crippen molar-refractivity contribution >= 4 is 11.0 Å². The summed E-state index contributed by atoms with van der Waals surface area (Å²) in [6.07, 6.45) is -6.21. The SMILES string of the molecule is COc1c([C@@H]2[C@H](c3nc4cc(C#N)c(F)cc4[nH]3)O[C@@](C)(C(F)(F)F)[C@H]2C)ccc(F)c1F. The zero-order valence-electron chi connectivity index (χ0n) is 17.5. The zero-order valence-corrected chi connectivity index (χ0v) is 17.5. The van der Waals surface area contributed by atoms with Crippen LogP contribution in [0.1, 0.15) is 42.8 Å². The van der Waals surface area contributed by atoms with Gasteiger partial charge in [0, 0.05) is 23.5 Å². The number of aromatic nitrogens is 2. The molecule has 0 bridgehead atoms. The lowest BCUT2D eigenvalue weighted by Crippen LogP contribution is -2.46. The molecule has 2 heterocycles. The minimum atomic E-state index is -4.81. The molecule has 0 saturated carbocycles. The number of rotatable bonds is 3. The van der Waals surface area contributed by atoms with Crippen molar-refractivity contribution in [3.05, 3.63) is 58.7 Å². The zero-order chi connectivity index (χ0) is 24.3. The fraction of sp³-hybridized carbons (Fsp3) is 0.364. The maximum Gasteiger partial charge on any atom is 0.417 e. The Morgan fingerprint density at radius 1 is 1.18 bits per heavy atom. The molecule has 4 rings (SSSR count). The lowest BCUT2D eigenvalue weighted by molar-refractivity contribution is -0.275. The van der Waals surface area contributed by atoms with Crippen LogP contribution in [0.2, 0.25) is 0 Å². The predicted octanol–water partition coefficient (Wildman–Crippen LogP) is 5.67. The number of ether oxygens (including phenoxy) is 2. The average molecular weight is 469 g/mol. The number of H-pyrrole nitrogens is 1. The third-order valence-corrected chi connectivity index (χ3v) is 6.29. The van der Waals surface area contributed by atoms with Crippen LogP contribution in [0.15, 0.2) is 24.3 Å². The van der Waals surface area contributed by atoms with Gasteiger partial charge in [-0.05, 0) is 19.1 Å². The topological polar surface area (TPSA) is 70.9 Å². The van der Waals surface area contributed by atoms with Crippen LogP contribution in [0.5, 0.6) is 5.75 Å². The number of nitriles is 1. The Balaban J connectivity index is 1.93. The Labute approximate surface area is 183 Å². The molecule has 4 atom stereocenters. The van der Waals surface area contributed by atoms with E-state index in [2.05, 4.69) is 9.97 Å². The highest BCUT2D eigenvalue weighted by atomic mass is 19.4. The van der Waals surface area contributed by atoms with Gasteiger partial charge in [0.15, 0.2) is 17.2 Å². The van der Waals surface area contributed by atoms with E-state index < -0.39 is 52.9 Å². The lowest BCUT2D eigenvalue weighted by atomic mass is 9.77. The largest absolute Gasteiger partial charge is 0.493 e. The van der Waals surface area contributed by atoms with E-state index in [1.54, 1.807) is 6.07 Å². The van der Waals surface area contributed by atoms with E-state index >= 15 is 0 Å². The Hall–Kier alpha value is -3.26. The van der Waals surface area contributed by atoms with Crippen LogP contribution in [-0.2, 0) is 4.74 Å². The van der Waals surface area contributed by atoms with Gasteiger partial charge >= 0.3 is 6.18 Å². The molecule has 2 aromatic carbocycles. The maximum absolute atomic E-state index is 14.4. The molecule has 3 aromatic rings. The molecule has 1 aromatic heterocycles. The quantitative estimate of drug-likeness (QED) is 0.502. The predicted molar refractivity (Wildman–Crippen MR) is 104 cm³/mol. The van der Waals surface area contributed by atoms with Gasteiger partial charge in [-0.25, -0.2) is 13.8 Å². The van der Waals surface area contributed by atoms with Gasteiger partial charge in [0.2, 0.25) is 5.82 Å². The standard InChI is InChI=1S/C22H17F6N3O2/c1-9-16(11-4-5-12(23)17(25)18(11)32-3)19(33-21(9,2)22(26,27)28)20-30-14-6-10(8-29)13(24)7-15(14)31-20/h4-7,9,16,19H,1-3H3,(H,30,31)/t9-,16+,19+,21+/m0/s1. The van der Waals surface area contributed by atoms with Gasteiger partial charge in [0.1, 0.15) is 23.8 Å². The van der Waals surface area contributed by atoms with Gasteiger partial charge in [-0.1, -0.05) is 13.0 Å². The third kappa shape index (κ3) is 3.40. The van der Waals surface area contributed by atoms with Crippen LogP contribution in [0.3, 0.4) is 0 Å². The number of nitrogens with one attached hydrogen (secondary N) is 1. The first-order chi connectivity index (χ1) is 15.4. The molecule has 0 radical (unpaired) electrons. The van der Waals surface area contributed by atoms with Crippen molar-refractivity contribution in [3.8, 4) is 11.8 Å². The second-order valence-corrected chi connectivity index (χ2v) is 8.02. The van der Waals surface area contributed by atoms with Gasteiger partial charge in [0.25, 0.3) is 0 Å². The van der Waals surface area contributed by atoms with Crippen molar-refractivity contribution in [2.45, 2.75) is 37.6 Å². The highest BCUT2D eigenvalue weighted by molar-refractivity contribution is 5.77. The number of imidazole rings is 1. The first-order valence-corrected chi connectivity index (χ1v) is 9.78. The summed E-state index contributed by atoms with van der Waals surface area (Å²) in [6.45, 7) is 2.15. The van der Waals surface area contributed by atoms with Crippen molar-refractivity contribution in [3.63, 3.8) is 0 Å². The summed E-state index contributed by atoms with van der Waals surface area (Å²) < 4.78 is 94.9. The average Bonchev–Trinajstić information content (AvgIpc) is 3.28. The first kappa shape index (κ1) is 22.9. The molecule has 1 aliphatic heterocycles. The summed E-state index contributed by atoms with van der Waals surface area (Å²) in [5.74, 6) is -6.47. The highest BCUT2D eigenvalue weighted by Gasteiger charge is 2.65. The van der Waals surface area contributed by atoms with Crippen molar-refractivity contribution in [2.24, 2.45) is 5.92 Å². The molecule has 11 heteroatoms. The lowest BCUT2D eigenvalue weighted by Gasteiger charge is -2.32. The molecule has 0 unspecified atom stereocenters. The number of methoxy groups -OCH3 is 1. The minimum absolute atomic E-state index is 0.0359. The molecule has 1 saturated heterocycles. The Morgan fingerprint density at radius 2 is 1.88 bits per heavy atom. The second kappa shape index (κ2) is 7.66. The summed E-state index contributed by atoms with van der Waals surface area (Å²) in [4.78, 5) is 6.96. The van der Waals surface area contributed by atoms with Gasteiger partial charge in [-0.3, -0.25) is 0 Å². The molecular formula is C22H17F6N3O2. The van der Waals surface area contributed by atoms with E-state index in [-0.39, 0.29) is 28.0 Å². The van der Waals surface area contributed by atoms with Gasteiger partial charge < -0.3 is 14.5 Å². The van der Waals surface area contributed by atoms with Crippen LogP contribution in [0.25, 0.3) is 11.0 Å². The molecular weight excluding hydrogens is 452 g/mol. The molecule has 1 aliphatic rings. The summed E-state index contributed by atoms with van der Waals surface area (Å²) in [5, 5.41) is 9.03. The van der Waals surface area contributed by atoms with Crippen LogP contribution in [0.4, 0.5) is 26.3 Å². The molecule has 33 heavy (non-hydrogen) atoms. The Kier molecular flexibility index (Phi) is 5.32. The fourth-order valence-corrected chi connectivity index (χ4v) is 4.32. The van der Waals surface area contributed by atoms with Gasteiger partial charge in [-0.15, -0.1) is 0 Å². The molecule has 0 aliphatic carbocycles. The van der Waals surface area contributed by atoms with Crippen molar-refractivity contribution in [2.75, 3.05) is 7.11 Å². The summed E-state index contributed by atoms with van der Waals surface area (Å²) >= 11 is 0. The monoisotopic (exact) mass is 469 g/mol. The maximum atomic E-state index is 14.4. The minimum Gasteiger partial charge on any atom is -0.493 e. The van der Waals surface area contributed by atoms with E-state index in [0.717, 1.165) is 38.3 Å². The van der Waals surface area contributed by atoms with Crippen LogP contribution >= 0.6 is 0 Å². The summed E-state index contributed by atoms with van der Waals surface area (Å²) in [6, 6.07) is 5.76. The molecule has 0 spiro atoms. The van der Waals surface area contributed by atoms with E-state index in [1.807, 2.05) is 0 Å². The Morgan fingerprint density at radius 3 is 2.48 bits per heavy atom. The number of hydrogen-bond donors (Lipinski definition) is 1. The van der Waals surface area contributed by atoms with E-state index in [0.29, 0.717) is 0 Å². The van der Waals surface area contributed by atoms with E-state index in [1.165, 1.54) is 6.92 Å². The molecule has 1 fully saturated rings. The molecule has 174 valence electrons. The number of alkyl halides is 3. The van der Waals surface area contributed by atoms with Gasteiger partial charge in [0.05, 0.1) is 23.7 Å². The van der Waals surface area contributed by atoms with Crippen molar-refractivity contribution in [1.29, 1.82) is 5.26 Å². The van der Waals surface area contributed by atoms with Crippen LogP contribution in [0, 0.1) is 34.7 Å². The number of hydrogen-bond acceptors (Lipinski definition) is 4. The highest BCUT2D eigenvalue weighted by Crippen LogP contribution is 2.59. The van der Waals surface area contributed by atoms with Crippen LogP contribution < -0.4 is 4.74 Å². The third-order valence-electron chi connectivity index (χ3n) is 6.29. The number of nitrogens with zero attached hydrogens (tertiary/aromatic N) is 2. The molecule has 1 N–H and O–H groups in total. The number of benzene rings is 2. The Bertz CT molecular complexity index is 1280. The smallest absolute Gasteiger partial charge is 0.417 e. The van der Waals surface area contributed by atoms with E-state index in [9.17, 15) is 26.3 Å². The van der Waals surface area contributed by atoms with Crippen LogP contribution in [-0.4, -0.2) is 28.9 Å². The molecule has 5 nitrogen and oxygen atoms in total. The fourth-order valence-electron chi connectivity index (χ4n) is 4.32. The number of aromatic amines is 1. The van der Waals surface area contributed by atoms with Gasteiger partial charge in [-0.2, -0.15) is 22.8 Å². The van der Waals surface area contributed by atoms with Crippen molar-refractivity contribution in [1.82, 2.24) is 9.97 Å². The number of halogens is 6. The molecule has 0 amide bonds. The number of fused-ring (bicyclic) bond motifs is 1. The second-order valence-electron chi connectivity index (χ2n) is 8.02. The summed E-state index contributed by atoms with van der Waals surface area (Å²) in [7, 11) is 1.08. The van der Waals surface area contributed by atoms with E-state index in [4.69, 9.17) is 14.7 Å². The van der Waals surface area contributed by atoms with Crippen molar-refractivity contribution < 1.29 is 35.8 Å². The first-order valence-electron chi connectivity index (χ1n) is 9.78. The normalized spacial score (nSPS) is 25.4.